The number of ether oxygens (including phenoxy) is 1. The molecule has 0 atom stereocenters. The Balaban J connectivity index is 1.27. The van der Waals surface area contributed by atoms with E-state index in [1.165, 1.54) is 36.6 Å². The van der Waals surface area contributed by atoms with Crippen molar-refractivity contribution in [2.45, 2.75) is 65.0 Å². The van der Waals surface area contributed by atoms with Crippen LogP contribution in [0.1, 0.15) is 58.1 Å². The lowest BCUT2D eigenvalue weighted by Crippen LogP contribution is -2.51. The molecule has 4 rings (SSSR count). The Morgan fingerprint density at radius 2 is 1.84 bits per heavy atom. The first kappa shape index (κ1) is 22.6. The van der Waals surface area contributed by atoms with Crippen LogP contribution in [0.3, 0.4) is 0 Å². The third kappa shape index (κ3) is 5.43. The molecule has 0 unspecified atom stereocenters. The minimum Gasteiger partial charge on any atom is -0.444 e. The van der Waals surface area contributed by atoms with Gasteiger partial charge in [0.15, 0.2) is 0 Å². The van der Waals surface area contributed by atoms with Crippen LogP contribution in [0.25, 0.3) is 11.0 Å². The number of halogens is 1. The maximum Gasteiger partial charge on any atom is 0.410 e. The van der Waals surface area contributed by atoms with Gasteiger partial charge in [0.2, 0.25) is 0 Å². The summed E-state index contributed by atoms with van der Waals surface area (Å²) in [5.41, 5.74) is 1.99. The predicted molar refractivity (Wildman–Crippen MR) is 127 cm³/mol. The van der Waals surface area contributed by atoms with Crippen molar-refractivity contribution in [3.63, 3.8) is 0 Å². The monoisotopic (exact) mass is 490 g/mol. The van der Waals surface area contributed by atoms with Gasteiger partial charge in [0.1, 0.15) is 11.2 Å². The molecule has 170 valence electrons. The van der Waals surface area contributed by atoms with Gasteiger partial charge >= 0.3 is 6.09 Å². The minimum atomic E-state index is -0.428. The highest BCUT2D eigenvalue weighted by atomic mass is 79.9. The van der Waals surface area contributed by atoms with Gasteiger partial charge in [-0.05, 0) is 86.9 Å². The van der Waals surface area contributed by atoms with Crippen molar-refractivity contribution in [2.75, 3.05) is 32.7 Å². The molecule has 0 spiro atoms. The second-order valence-electron chi connectivity index (χ2n) is 10.2. The molecule has 2 fully saturated rings. The van der Waals surface area contributed by atoms with Crippen LogP contribution in [0, 0.1) is 12.8 Å². The molecule has 0 N–H and O–H groups in total. The normalized spacial score (nSPS) is 23.3. The predicted octanol–water partition coefficient (Wildman–Crippen LogP) is 5.39. The average molecular weight is 491 g/mol. The largest absolute Gasteiger partial charge is 0.444 e. The van der Waals surface area contributed by atoms with Gasteiger partial charge in [0.25, 0.3) is 0 Å². The quantitative estimate of drug-likeness (QED) is 0.578. The van der Waals surface area contributed by atoms with Gasteiger partial charge in [0, 0.05) is 61.0 Å². The van der Waals surface area contributed by atoms with Gasteiger partial charge in [0.05, 0.1) is 0 Å². The van der Waals surface area contributed by atoms with Crippen LogP contribution in [-0.4, -0.2) is 63.8 Å². The van der Waals surface area contributed by atoms with Crippen molar-refractivity contribution in [2.24, 2.45) is 5.92 Å². The fourth-order valence-corrected chi connectivity index (χ4v) is 5.29. The van der Waals surface area contributed by atoms with E-state index in [2.05, 4.69) is 44.6 Å². The molecule has 0 aromatic carbocycles. The van der Waals surface area contributed by atoms with Crippen molar-refractivity contribution in [3.8, 4) is 0 Å². The van der Waals surface area contributed by atoms with E-state index in [1.54, 1.807) is 0 Å². The van der Waals surface area contributed by atoms with Crippen LogP contribution >= 0.6 is 15.9 Å². The van der Waals surface area contributed by atoms with Crippen LogP contribution in [-0.2, 0) is 4.74 Å². The van der Waals surface area contributed by atoms with E-state index in [4.69, 9.17) is 9.72 Å². The number of hydrogen-bond donors (Lipinski definition) is 0. The van der Waals surface area contributed by atoms with Gasteiger partial charge in [-0.2, -0.15) is 0 Å². The molecular weight excluding hydrogens is 456 g/mol. The molecule has 2 aromatic heterocycles. The third-order valence-corrected chi connectivity index (χ3v) is 7.02. The second kappa shape index (κ2) is 9.10. The van der Waals surface area contributed by atoms with Gasteiger partial charge < -0.3 is 14.2 Å². The maximum absolute atomic E-state index is 12.3. The molecule has 2 aromatic rings. The van der Waals surface area contributed by atoms with Gasteiger partial charge in [-0.1, -0.05) is 0 Å². The SMILES string of the molecule is Cc1cn(C2CCC(CN3CCN(C(=O)OC(C)(C)C)CC3)CC2)c2ncc(Br)cc12. The Bertz CT molecular complexity index is 920. The topological polar surface area (TPSA) is 50.6 Å². The number of nitrogens with zero attached hydrogens (tertiary/aromatic N) is 4. The highest BCUT2D eigenvalue weighted by molar-refractivity contribution is 9.10. The first-order valence-corrected chi connectivity index (χ1v) is 12.3. The summed E-state index contributed by atoms with van der Waals surface area (Å²) in [5, 5.41) is 1.25. The molecule has 1 saturated heterocycles. The van der Waals surface area contributed by atoms with Crippen LogP contribution in [0.5, 0.6) is 0 Å². The van der Waals surface area contributed by atoms with Crippen LogP contribution < -0.4 is 0 Å². The van der Waals surface area contributed by atoms with E-state index in [9.17, 15) is 4.79 Å². The van der Waals surface area contributed by atoms with Crippen LogP contribution in [0.15, 0.2) is 22.9 Å². The Kier molecular flexibility index (Phi) is 6.63. The fraction of sp³-hybridized carbons (Fsp3) is 0.667. The summed E-state index contributed by atoms with van der Waals surface area (Å²) in [6, 6.07) is 2.72. The highest BCUT2D eigenvalue weighted by Gasteiger charge is 2.29. The number of carbonyl (C=O) groups excluding carboxylic acids is 1. The first-order chi connectivity index (χ1) is 14.7. The van der Waals surface area contributed by atoms with E-state index in [0.29, 0.717) is 6.04 Å². The molecule has 1 aliphatic carbocycles. The Morgan fingerprint density at radius 1 is 1.16 bits per heavy atom. The Hall–Kier alpha value is -1.60. The molecule has 7 heteroatoms. The summed E-state index contributed by atoms with van der Waals surface area (Å²) in [5.74, 6) is 0.745. The molecule has 0 bridgehead atoms. The summed E-state index contributed by atoms with van der Waals surface area (Å²) < 4.78 is 8.96. The number of pyridine rings is 1. The number of aromatic nitrogens is 2. The summed E-state index contributed by atoms with van der Waals surface area (Å²) >= 11 is 3.55. The lowest BCUT2D eigenvalue weighted by Gasteiger charge is -2.38. The number of aryl methyl sites for hydroxylation is 1. The first-order valence-electron chi connectivity index (χ1n) is 11.5. The van der Waals surface area contributed by atoms with Gasteiger partial charge in [-0.3, -0.25) is 4.90 Å². The standard InChI is InChI=1S/C24H35BrN4O2/c1-17-15-29(22-21(17)13-19(25)14-26-22)20-7-5-18(6-8-20)16-27-9-11-28(12-10-27)23(30)31-24(2,3)4/h13-15,18,20H,5-12,16H2,1-4H3. The van der Waals surface area contributed by atoms with E-state index < -0.39 is 5.60 Å². The van der Waals surface area contributed by atoms with Crippen molar-refractivity contribution >= 4 is 33.1 Å². The molecule has 1 amide bonds. The lowest BCUT2D eigenvalue weighted by molar-refractivity contribution is 0.0126. The molecule has 31 heavy (non-hydrogen) atoms. The smallest absolute Gasteiger partial charge is 0.410 e. The zero-order chi connectivity index (χ0) is 22.2. The highest BCUT2D eigenvalue weighted by Crippen LogP contribution is 2.36. The maximum atomic E-state index is 12.3. The van der Waals surface area contributed by atoms with Gasteiger partial charge in [-0.15, -0.1) is 0 Å². The Labute approximate surface area is 194 Å². The van der Waals surface area contributed by atoms with Gasteiger partial charge in [-0.25, -0.2) is 9.78 Å². The summed E-state index contributed by atoms with van der Waals surface area (Å²) in [6.45, 7) is 12.5. The number of rotatable bonds is 3. The number of fused-ring (bicyclic) bond motifs is 1. The molecule has 6 nitrogen and oxygen atoms in total. The molecular formula is C24H35BrN4O2. The summed E-state index contributed by atoms with van der Waals surface area (Å²) in [7, 11) is 0. The van der Waals surface area contributed by atoms with E-state index >= 15 is 0 Å². The third-order valence-electron chi connectivity index (χ3n) is 6.59. The van der Waals surface area contributed by atoms with E-state index in [0.717, 1.165) is 48.8 Å². The zero-order valence-corrected chi connectivity index (χ0v) is 20.8. The van der Waals surface area contributed by atoms with E-state index in [-0.39, 0.29) is 6.09 Å². The van der Waals surface area contributed by atoms with Crippen molar-refractivity contribution in [3.05, 3.63) is 28.5 Å². The second-order valence-corrected chi connectivity index (χ2v) is 11.1. The number of piperazine rings is 1. The molecule has 1 aliphatic heterocycles. The summed E-state index contributed by atoms with van der Waals surface area (Å²) in [4.78, 5) is 21.3. The number of hydrogen-bond acceptors (Lipinski definition) is 4. The van der Waals surface area contributed by atoms with Crippen molar-refractivity contribution in [1.82, 2.24) is 19.4 Å². The zero-order valence-electron chi connectivity index (χ0n) is 19.2. The molecule has 2 aliphatic rings. The molecule has 1 saturated carbocycles. The minimum absolute atomic E-state index is 0.178. The van der Waals surface area contributed by atoms with Crippen LogP contribution in [0.2, 0.25) is 0 Å². The van der Waals surface area contributed by atoms with Crippen LogP contribution in [0.4, 0.5) is 4.79 Å². The van der Waals surface area contributed by atoms with Crippen molar-refractivity contribution in [1.29, 1.82) is 0 Å². The number of amides is 1. The lowest BCUT2D eigenvalue weighted by atomic mass is 9.85. The summed E-state index contributed by atoms with van der Waals surface area (Å²) in [6.07, 6.45) is 8.94. The number of carbonyl (C=O) groups is 1. The average Bonchev–Trinajstić information content (AvgIpc) is 3.04. The van der Waals surface area contributed by atoms with E-state index in [1.807, 2.05) is 31.9 Å². The molecule has 0 radical (unpaired) electrons. The fourth-order valence-electron chi connectivity index (χ4n) is 4.96. The molecule has 3 heterocycles. The van der Waals surface area contributed by atoms with Crippen molar-refractivity contribution < 1.29 is 9.53 Å². The Morgan fingerprint density at radius 3 is 2.48 bits per heavy atom.